The van der Waals surface area contributed by atoms with Gasteiger partial charge in [-0.05, 0) is 51.8 Å². The van der Waals surface area contributed by atoms with Crippen molar-refractivity contribution in [3.63, 3.8) is 0 Å². The predicted octanol–water partition coefficient (Wildman–Crippen LogP) is 7.15. The van der Waals surface area contributed by atoms with Crippen LogP contribution in [-0.4, -0.2) is 20.8 Å². The van der Waals surface area contributed by atoms with E-state index >= 15 is 0 Å². The molecule has 2 N–H and O–H groups in total. The molecule has 2 rings (SSSR count). The highest BCUT2D eigenvalue weighted by atomic mass is 32.2. The van der Waals surface area contributed by atoms with Gasteiger partial charge in [0.05, 0.1) is 0 Å². The van der Waals surface area contributed by atoms with E-state index in [1.165, 1.54) is 5.56 Å². The van der Waals surface area contributed by atoms with E-state index < -0.39 is 10.3 Å². The van der Waals surface area contributed by atoms with Gasteiger partial charge >= 0.3 is 10.3 Å². The summed E-state index contributed by atoms with van der Waals surface area (Å²) in [6, 6.07) is 7.83. The first-order valence-electron chi connectivity index (χ1n) is 12.8. The topological polar surface area (TPSA) is 95.7 Å². The highest BCUT2D eigenvalue weighted by Gasteiger charge is 2.26. The number of hydrogen-bond donors (Lipinski definition) is 1. The quantitative estimate of drug-likeness (QED) is 0.319. The number of hydrogen-bond acceptors (Lipinski definition) is 5. The van der Waals surface area contributed by atoms with Gasteiger partial charge in [-0.2, -0.15) is 13.6 Å². The Hall–Kier alpha value is -2.38. The highest BCUT2D eigenvalue weighted by molar-refractivity contribution is 7.84. The average molecular weight is 518 g/mol. The molecule has 0 radical (unpaired) electrons. The van der Waals surface area contributed by atoms with E-state index in [9.17, 15) is 13.2 Å². The molecule has 36 heavy (non-hydrogen) atoms. The second-order valence-corrected chi connectivity index (χ2v) is 12.2. The van der Waals surface area contributed by atoms with Crippen LogP contribution in [0.15, 0.2) is 24.3 Å². The lowest BCUT2D eigenvalue weighted by Gasteiger charge is -2.24. The monoisotopic (exact) mass is 517 g/mol. The third-order valence-corrected chi connectivity index (χ3v) is 6.75. The number of benzene rings is 2. The Morgan fingerprint density at radius 3 is 1.64 bits per heavy atom. The fourth-order valence-electron chi connectivity index (χ4n) is 4.37. The zero-order valence-electron chi connectivity index (χ0n) is 23.4. The van der Waals surface area contributed by atoms with Crippen molar-refractivity contribution < 1.29 is 22.1 Å². The van der Waals surface area contributed by atoms with E-state index in [1.807, 2.05) is 27.7 Å². The summed E-state index contributed by atoms with van der Waals surface area (Å²) >= 11 is 0. The molecular weight excluding hydrogens is 474 g/mol. The van der Waals surface area contributed by atoms with Crippen molar-refractivity contribution in [1.29, 1.82) is 0 Å². The molecule has 0 saturated heterocycles. The van der Waals surface area contributed by atoms with Gasteiger partial charge in [-0.1, -0.05) is 93.5 Å². The molecule has 0 aliphatic rings. The number of carbonyl (C=O) groups excluding carboxylic acids is 1. The van der Waals surface area contributed by atoms with Crippen LogP contribution >= 0.6 is 0 Å². The van der Waals surface area contributed by atoms with Crippen molar-refractivity contribution in [2.24, 2.45) is 5.14 Å². The average Bonchev–Trinajstić information content (AvgIpc) is 2.74. The molecule has 0 heterocycles. The summed E-state index contributed by atoms with van der Waals surface area (Å²) in [5.41, 5.74) is 4.98. The van der Waals surface area contributed by atoms with E-state index in [4.69, 9.17) is 14.1 Å². The van der Waals surface area contributed by atoms with Crippen molar-refractivity contribution in [2.75, 3.05) is 6.61 Å². The molecule has 0 atom stereocenters. The lowest BCUT2D eigenvalue weighted by Crippen LogP contribution is -2.23. The maximum Gasteiger partial charge on any atom is 0.380 e. The molecular formula is C29H43NO5S. The van der Waals surface area contributed by atoms with Crippen molar-refractivity contribution in [3.05, 3.63) is 57.6 Å². The van der Waals surface area contributed by atoms with Crippen LogP contribution in [0, 0.1) is 0 Å². The molecule has 6 nitrogen and oxygen atoms in total. The Morgan fingerprint density at radius 1 is 0.750 bits per heavy atom. The Balaban J connectivity index is 2.58. The number of ketones is 1. The predicted molar refractivity (Wildman–Crippen MR) is 147 cm³/mol. The van der Waals surface area contributed by atoms with Gasteiger partial charge in [0.25, 0.3) is 0 Å². The molecule has 0 aromatic heterocycles. The SMILES string of the molecule is CC(C)c1cc(C(C)C)c(OCC(=O)c2ccc(C(C)C)c(OS(N)(=O)=O)c2C(C)C)c(C(C)C)c1. The molecule has 0 aliphatic carbocycles. The number of nitrogens with two attached hydrogens (primary N) is 1. The number of rotatable bonds is 11. The number of Topliss-reactive ketones (excluding diaryl/α,β-unsaturated/α-hetero) is 1. The van der Waals surface area contributed by atoms with Crippen LogP contribution < -0.4 is 14.1 Å². The summed E-state index contributed by atoms with van der Waals surface area (Å²) in [7, 11) is -4.27. The first-order chi connectivity index (χ1) is 16.5. The molecule has 200 valence electrons. The van der Waals surface area contributed by atoms with Crippen LogP contribution in [0.25, 0.3) is 0 Å². The third-order valence-electron chi connectivity index (χ3n) is 6.35. The van der Waals surface area contributed by atoms with E-state index in [-0.39, 0.29) is 41.8 Å². The maximum absolute atomic E-state index is 13.5. The van der Waals surface area contributed by atoms with Gasteiger partial charge in [-0.3, -0.25) is 4.79 Å². The fraction of sp³-hybridized carbons (Fsp3) is 0.552. The number of ether oxygens (including phenoxy) is 1. The Kier molecular flexibility index (Phi) is 9.77. The zero-order valence-corrected chi connectivity index (χ0v) is 24.2. The summed E-state index contributed by atoms with van der Waals surface area (Å²) < 4.78 is 35.2. The molecule has 0 bridgehead atoms. The van der Waals surface area contributed by atoms with Crippen LogP contribution in [0.1, 0.15) is 137 Å². The first-order valence-corrected chi connectivity index (χ1v) is 14.2. The molecule has 0 spiro atoms. The van der Waals surface area contributed by atoms with E-state index in [0.717, 1.165) is 16.9 Å². The van der Waals surface area contributed by atoms with Crippen LogP contribution in [0.4, 0.5) is 0 Å². The molecule has 0 fully saturated rings. The Bertz CT molecular complexity index is 1170. The van der Waals surface area contributed by atoms with Gasteiger partial charge in [0, 0.05) is 11.1 Å². The largest absolute Gasteiger partial charge is 0.485 e. The summed E-state index contributed by atoms with van der Waals surface area (Å²) in [5.74, 6) is 1.26. The van der Waals surface area contributed by atoms with Gasteiger partial charge < -0.3 is 8.92 Å². The van der Waals surface area contributed by atoms with Gasteiger partial charge in [-0.25, -0.2) is 0 Å². The molecule has 0 aliphatic heterocycles. The minimum atomic E-state index is -4.27. The minimum Gasteiger partial charge on any atom is -0.485 e. The van der Waals surface area contributed by atoms with Crippen molar-refractivity contribution in [2.45, 2.75) is 98.8 Å². The normalized spacial score (nSPS) is 12.3. The molecule has 0 saturated carbocycles. The Morgan fingerprint density at radius 2 is 1.25 bits per heavy atom. The number of carbonyl (C=O) groups is 1. The first kappa shape index (κ1) is 29.8. The van der Waals surface area contributed by atoms with E-state index in [0.29, 0.717) is 22.6 Å². The lowest BCUT2D eigenvalue weighted by atomic mass is 9.88. The minimum absolute atomic E-state index is 0.0266. The third kappa shape index (κ3) is 7.10. The van der Waals surface area contributed by atoms with Crippen LogP contribution in [0.2, 0.25) is 0 Å². The summed E-state index contributed by atoms with van der Waals surface area (Å²) in [5, 5.41) is 5.23. The van der Waals surface area contributed by atoms with Crippen LogP contribution in [0.3, 0.4) is 0 Å². The van der Waals surface area contributed by atoms with E-state index in [2.05, 4.69) is 53.7 Å². The van der Waals surface area contributed by atoms with Crippen LogP contribution in [-0.2, 0) is 10.3 Å². The fourth-order valence-corrected chi connectivity index (χ4v) is 4.79. The lowest BCUT2D eigenvalue weighted by molar-refractivity contribution is 0.0918. The molecule has 7 heteroatoms. The maximum atomic E-state index is 13.5. The Labute approximate surface area is 217 Å². The second kappa shape index (κ2) is 11.8. The van der Waals surface area contributed by atoms with Crippen molar-refractivity contribution >= 4 is 16.1 Å². The van der Waals surface area contributed by atoms with Gasteiger partial charge in [-0.15, -0.1) is 0 Å². The summed E-state index contributed by atoms with van der Waals surface area (Å²) in [6.45, 7) is 20.3. The molecule has 2 aromatic rings. The zero-order chi connectivity index (χ0) is 27.5. The van der Waals surface area contributed by atoms with Crippen molar-refractivity contribution in [3.8, 4) is 11.5 Å². The summed E-state index contributed by atoms with van der Waals surface area (Å²) in [4.78, 5) is 13.5. The summed E-state index contributed by atoms with van der Waals surface area (Å²) in [6.07, 6.45) is 0. The second-order valence-electron chi connectivity index (χ2n) is 11.0. The smallest absolute Gasteiger partial charge is 0.380 e. The van der Waals surface area contributed by atoms with Crippen LogP contribution in [0.5, 0.6) is 11.5 Å². The van der Waals surface area contributed by atoms with E-state index in [1.54, 1.807) is 12.1 Å². The van der Waals surface area contributed by atoms with Gasteiger partial charge in [0.15, 0.2) is 12.4 Å². The molecule has 0 amide bonds. The molecule has 2 aromatic carbocycles. The van der Waals surface area contributed by atoms with Gasteiger partial charge in [0.1, 0.15) is 5.75 Å². The van der Waals surface area contributed by atoms with Gasteiger partial charge in [0.2, 0.25) is 5.78 Å². The molecule has 0 unspecified atom stereocenters. The standard InChI is InChI=1S/C29H43NO5S/c1-16(2)21-13-24(18(5)6)28(25(14-21)19(7)8)34-15-26(31)23-12-11-22(17(3)4)29(27(23)20(9)10)35-36(30,32)33/h11-14,16-20H,15H2,1-10H3,(H2,30,32,33). The highest BCUT2D eigenvalue weighted by Crippen LogP contribution is 2.40. The van der Waals surface area contributed by atoms with Crippen molar-refractivity contribution in [1.82, 2.24) is 0 Å².